The number of hydrogen-bond donors (Lipinski definition) is 1. The third kappa shape index (κ3) is 5.22. The van der Waals surface area contributed by atoms with E-state index in [4.69, 9.17) is 0 Å². The SMILES string of the molecule is CC(C)CNCCc1ccc(C(F)(F)F)cc1. The Balaban J connectivity index is 2.41. The highest BCUT2D eigenvalue weighted by molar-refractivity contribution is 5.24. The van der Waals surface area contributed by atoms with E-state index in [9.17, 15) is 13.2 Å². The lowest BCUT2D eigenvalue weighted by Gasteiger charge is -2.09. The van der Waals surface area contributed by atoms with Gasteiger partial charge in [0, 0.05) is 0 Å². The monoisotopic (exact) mass is 245 g/mol. The maximum atomic E-state index is 12.3. The largest absolute Gasteiger partial charge is 0.416 e. The van der Waals surface area contributed by atoms with Gasteiger partial charge in [0.2, 0.25) is 0 Å². The first-order chi connectivity index (χ1) is 7.89. The van der Waals surface area contributed by atoms with Crippen molar-refractivity contribution in [3.8, 4) is 0 Å². The van der Waals surface area contributed by atoms with Gasteiger partial charge in [-0.2, -0.15) is 13.2 Å². The zero-order chi connectivity index (χ0) is 12.9. The Morgan fingerprint density at radius 2 is 1.71 bits per heavy atom. The van der Waals surface area contributed by atoms with Crippen LogP contribution in [0.4, 0.5) is 13.2 Å². The molecule has 0 aliphatic carbocycles. The van der Waals surface area contributed by atoms with Gasteiger partial charge in [-0.25, -0.2) is 0 Å². The second-order valence-corrected chi connectivity index (χ2v) is 4.54. The van der Waals surface area contributed by atoms with E-state index in [0.29, 0.717) is 5.92 Å². The summed E-state index contributed by atoms with van der Waals surface area (Å²) in [6.07, 6.45) is -3.49. The molecule has 0 amide bonds. The standard InChI is InChI=1S/C13H18F3N/c1-10(2)9-17-8-7-11-3-5-12(6-4-11)13(14,15)16/h3-6,10,17H,7-9H2,1-2H3. The molecule has 1 aromatic carbocycles. The van der Waals surface area contributed by atoms with Gasteiger partial charge in [-0.05, 0) is 43.1 Å². The molecule has 0 saturated carbocycles. The fourth-order valence-corrected chi connectivity index (χ4v) is 1.48. The van der Waals surface area contributed by atoms with Gasteiger partial charge in [0.25, 0.3) is 0 Å². The van der Waals surface area contributed by atoms with Gasteiger partial charge in [0.05, 0.1) is 5.56 Å². The molecule has 0 bridgehead atoms. The van der Waals surface area contributed by atoms with Crippen molar-refractivity contribution in [2.75, 3.05) is 13.1 Å². The van der Waals surface area contributed by atoms with Crippen molar-refractivity contribution in [1.29, 1.82) is 0 Å². The number of alkyl halides is 3. The Bertz CT molecular complexity index is 328. The Morgan fingerprint density at radius 3 is 2.18 bits per heavy atom. The van der Waals surface area contributed by atoms with E-state index in [1.807, 2.05) is 0 Å². The number of hydrogen-bond acceptors (Lipinski definition) is 1. The van der Waals surface area contributed by atoms with Crippen molar-refractivity contribution in [2.24, 2.45) is 5.92 Å². The van der Waals surface area contributed by atoms with Gasteiger partial charge in [0.15, 0.2) is 0 Å². The molecule has 0 aliphatic rings. The lowest BCUT2D eigenvalue weighted by Crippen LogP contribution is -2.22. The van der Waals surface area contributed by atoms with E-state index in [-0.39, 0.29) is 0 Å². The summed E-state index contributed by atoms with van der Waals surface area (Å²) in [6.45, 7) is 5.96. The van der Waals surface area contributed by atoms with Crippen LogP contribution >= 0.6 is 0 Å². The van der Waals surface area contributed by atoms with Crippen LogP contribution in [0, 0.1) is 5.92 Å². The van der Waals surface area contributed by atoms with Crippen molar-refractivity contribution in [2.45, 2.75) is 26.4 Å². The van der Waals surface area contributed by atoms with E-state index in [2.05, 4.69) is 19.2 Å². The number of benzene rings is 1. The minimum Gasteiger partial charge on any atom is -0.316 e. The summed E-state index contributed by atoms with van der Waals surface area (Å²) in [5.41, 5.74) is 0.339. The summed E-state index contributed by atoms with van der Waals surface area (Å²) in [5.74, 6) is 0.586. The molecule has 1 N–H and O–H groups in total. The molecule has 17 heavy (non-hydrogen) atoms. The molecule has 1 aromatic rings. The molecule has 0 unspecified atom stereocenters. The third-order valence-corrected chi connectivity index (χ3v) is 2.42. The fraction of sp³-hybridized carbons (Fsp3) is 0.538. The zero-order valence-electron chi connectivity index (χ0n) is 10.1. The predicted molar refractivity (Wildman–Crippen MR) is 62.9 cm³/mol. The molecular formula is C13H18F3N. The van der Waals surface area contributed by atoms with Crippen LogP contribution in [0.15, 0.2) is 24.3 Å². The van der Waals surface area contributed by atoms with E-state index >= 15 is 0 Å². The van der Waals surface area contributed by atoms with Gasteiger partial charge < -0.3 is 5.32 Å². The zero-order valence-corrected chi connectivity index (χ0v) is 10.1. The normalized spacial score (nSPS) is 12.1. The Hall–Kier alpha value is -1.03. The quantitative estimate of drug-likeness (QED) is 0.783. The molecule has 0 fully saturated rings. The molecule has 0 spiro atoms. The topological polar surface area (TPSA) is 12.0 Å². The molecule has 0 aromatic heterocycles. The van der Waals surface area contributed by atoms with Gasteiger partial charge in [-0.3, -0.25) is 0 Å². The maximum absolute atomic E-state index is 12.3. The van der Waals surface area contributed by atoms with Crippen LogP contribution < -0.4 is 5.32 Å². The maximum Gasteiger partial charge on any atom is 0.416 e. The van der Waals surface area contributed by atoms with Gasteiger partial charge in [-0.15, -0.1) is 0 Å². The summed E-state index contributed by atoms with van der Waals surface area (Å²) in [6, 6.07) is 5.36. The van der Waals surface area contributed by atoms with Gasteiger partial charge in [-0.1, -0.05) is 26.0 Å². The first-order valence-electron chi connectivity index (χ1n) is 5.76. The average Bonchev–Trinajstić information content (AvgIpc) is 2.23. The molecule has 0 heterocycles. The second-order valence-electron chi connectivity index (χ2n) is 4.54. The van der Waals surface area contributed by atoms with Gasteiger partial charge >= 0.3 is 6.18 Å². The second kappa shape index (κ2) is 6.05. The Kier molecular flexibility index (Phi) is 5.00. The summed E-state index contributed by atoms with van der Waals surface area (Å²) >= 11 is 0. The first-order valence-corrected chi connectivity index (χ1v) is 5.76. The lowest BCUT2D eigenvalue weighted by atomic mass is 10.1. The summed E-state index contributed by atoms with van der Waals surface area (Å²) in [5, 5.41) is 3.26. The van der Waals surface area contributed by atoms with Crippen LogP contribution in [0.2, 0.25) is 0 Å². The first kappa shape index (κ1) is 14.0. The predicted octanol–water partition coefficient (Wildman–Crippen LogP) is 3.49. The smallest absolute Gasteiger partial charge is 0.316 e. The van der Waals surface area contributed by atoms with Crippen LogP contribution in [0.25, 0.3) is 0 Å². The highest BCUT2D eigenvalue weighted by Gasteiger charge is 2.29. The number of halogens is 3. The molecular weight excluding hydrogens is 227 g/mol. The van der Waals surface area contributed by atoms with E-state index in [1.54, 1.807) is 12.1 Å². The summed E-state index contributed by atoms with van der Waals surface area (Å²) in [4.78, 5) is 0. The minimum atomic E-state index is -4.24. The van der Waals surface area contributed by atoms with Crippen molar-refractivity contribution in [1.82, 2.24) is 5.32 Å². The Labute approximate surface area is 100 Å². The van der Waals surface area contributed by atoms with E-state index in [0.717, 1.165) is 37.2 Å². The molecule has 96 valence electrons. The Morgan fingerprint density at radius 1 is 1.12 bits per heavy atom. The van der Waals surface area contributed by atoms with E-state index < -0.39 is 11.7 Å². The highest BCUT2D eigenvalue weighted by Crippen LogP contribution is 2.29. The van der Waals surface area contributed by atoms with Crippen LogP contribution in [0.3, 0.4) is 0 Å². The number of nitrogens with one attached hydrogen (secondary N) is 1. The minimum absolute atomic E-state index is 0.586. The van der Waals surface area contributed by atoms with Crippen molar-refractivity contribution in [3.63, 3.8) is 0 Å². The van der Waals surface area contributed by atoms with Crippen molar-refractivity contribution < 1.29 is 13.2 Å². The van der Waals surface area contributed by atoms with Crippen molar-refractivity contribution >= 4 is 0 Å². The third-order valence-electron chi connectivity index (χ3n) is 2.42. The highest BCUT2D eigenvalue weighted by atomic mass is 19.4. The van der Waals surface area contributed by atoms with Crippen molar-refractivity contribution in [3.05, 3.63) is 35.4 Å². The molecule has 0 saturated heterocycles. The van der Waals surface area contributed by atoms with Crippen LogP contribution in [0.1, 0.15) is 25.0 Å². The average molecular weight is 245 g/mol. The molecule has 0 radical (unpaired) electrons. The van der Waals surface area contributed by atoms with Crippen LogP contribution in [-0.2, 0) is 12.6 Å². The molecule has 1 nitrogen and oxygen atoms in total. The van der Waals surface area contributed by atoms with Crippen LogP contribution in [0.5, 0.6) is 0 Å². The van der Waals surface area contributed by atoms with Gasteiger partial charge in [0.1, 0.15) is 0 Å². The summed E-state index contributed by atoms with van der Waals surface area (Å²) < 4.78 is 36.9. The van der Waals surface area contributed by atoms with E-state index in [1.165, 1.54) is 0 Å². The molecule has 1 rings (SSSR count). The molecule has 4 heteroatoms. The lowest BCUT2D eigenvalue weighted by molar-refractivity contribution is -0.137. The molecule has 0 atom stereocenters. The molecule has 0 aliphatic heterocycles. The fourth-order valence-electron chi connectivity index (χ4n) is 1.48. The summed E-state index contributed by atoms with van der Waals surface area (Å²) in [7, 11) is 0. The number of rotatable bonds is 5. The van der Waals surface area contributed by atoms with Crippen LogP contribution in [-0.4, -0.2) is 13.1 Å².